The van der Waals surface area contributed by atoms with Gasteiger partial charge in [0.15, 0.2) is 0 Å². The smallest absolute Gasteiger partial charge is 0.0464 e. The molecule has 0 aromatic carbocycles. The highest BCUT2D eigenvalue weighted by Crippen LogP contribution is 2.04. The van der Waals surface area contributed by atoms with E-state index in [9.17, 15) is 0 Å². The van der Waals surface area contributed by atoms with E-state index in [0.29, 0.717) is 0 Å². The maximum atomic E-state index is 4.91. The molecule has 1 atom stereocenters. The third-order valence-corrected chi connectivity index (χ3v) is 1.51. The summed E-state index contributed by atoms with van der Waals surface area (Å²) in [5.41, 5.74) is 0. The summed E-state index contributed by atoms with van der Waals surface area (Å²) in [7, 11) is 1.75. The van der Waals surface area contributed by atoms with E-state index in [2.05, 4.69) is 27.7 Å². The van der Waals surface area contributed by atoms with Gasteiger partial charge in [-0.1, -0.05) is 40.5 Å². The van der Waals surface area contributed by atoms with Crippen LogP contribution in [0.15, 0.2) is 0 Å². The molecule has 0 aliphatic heterocycles. The van der Waals surface area contributed by atoms with Crippen LogP contribution in [0.4, 0.5) is 0 Å². The van der Waals surface area contributed by atoms with Crippen LogP contribution in [0.25, 0.3) is 0 Å². The summed E-state index contributed by atoms with van der Waals surface area (Å²) in [6, 6.07) is 0. The van der Waals surface area contributed by atoms with Crippen LogP contribution >= 0.6 is 0 Å². The molecule has 1 nitrogen and oxygen atoms in total. The fourth-order valence-electron chi connectivity index (χ4n) is 0.523. The van der Waals surface area contributed by atoms with Crippen LogP contribution < -0.4 is 0 Å². The van der Waals surface area contributed by atoms with Crippen molar-refractivity contribution in [3.05, 3.63) is 0 Å². The fourth-order valence-corrected chi connectivity index (χ4v) is 0.523. The minimum absolute atomic E-state index is 0.829. The van der Waals surface area contributed by atoms with Gasteiger partial charge in [-0.25, -0.2) is 0 Å². The molecule has 0 bridgehead atoms. The topological polar surface area (TPSA) is 9.23 Å². The number of methoxy groups -OCH3 is 1. The van der Waals surface area contributed by atoms with E-state index in [1.807, 2.05) is 0 Å². The normalized spacial score (nSPS) is 11.7. The molecule has 0 aromatic heterocycles. The molecule has 0 aliphatic rings. The Morgan fingerprint density at radius 3 is 1.91 bits per heavy atom. The van der Waals surface area contributed by atoms with Crippen LogP contribution in [0.5, 0.6) is 0 Å². The van der Waals surface area contributed by atoms with E-state index in [-0.39, 0.29) is 0 Å². The maximum absolute atomic E-state index is 4.91. The third-order valence-electron chi connectivity index (χ3n) is 1.51. The molecule has 0 rings (SSSR count). The second kappa shape index (κ2) is 12.6. The van der Waals surface area contributed by atoms with Crippen molar-refractivity contribution in [1.82, 2.24) is 0 Å². The Balaban J connectivity index is 0. The van der Waals surface area contributed by atoms with Gasteiger partial charge in [0.25, 0.3) is 0 Å². The first-order chi connectivity index (χ1) is 5.22. The minimum Gasteiger partial charge on any atom is -0.385 e. The minimum atomic E-state index is 0.829. The average molecular weight is 160 g/mol. The number of ether oxygens (including phenoxy) is 1. The Bertz CT molecular complexity index is 52.8. The van der Waals surface area contributed by atoms with E-state index in [0.717, 1.165) is 12.5 Å². The zero-order chi connectivity index (χ0) is 9.11. The average Bonchev–Trinajstić information content (AvgIpc) is 2.02. The molecule has 0 aliphatic carbocycles. The lowest BCUT2D eigenvalue weighted by molar-refractivity contribution is 0.179. The molecule has 0 heterocycles. The van der Waals surface area contributed by atoms with E-state index < -0.39 is 0 Å². The monoisotopic (exact) mass is 160 g/mol. The highest BCUT2D eigenvalue weighted by atomic mass is 16.5. The van der Waals surface area contributed by atoms with Gasteiger partial charge in [0.2, 0.25) is 0 Å². The number of rotatable bonds is 4. The van der Waals surface area contributed by atoms with Crippen LogP contribution in [0, 0.1) is 5.92 Å². The van der Waals surface area contributed by atoms with Gasteiger partial charge in [-0.15, -0.1) is 0 Å². The molecule has 0 amide bonds. The Labute approximate surface area is 72.1 Å². The van der Waals surface area contributed by atoms with Crippen LogP contribution in [-0.2, 0) is 4.74 Å². The predicted octanol–water partition coefficient (Wildman–Crippen LogP) is 3.49. The van der Waals surface area contributed by atoms with Gasteiger partial charge in [-0.2, -0.15) is 0 Å². The zero-order valence-electron chi connectivity index (χ0n) is 8.81. The summed E-state index contributed by atoms with van der Waals surface area (Å²) in [6.45, 7) is 9.62. The van der Waals surface area contributed by atoms with Crippen LogP contribution in [0.1, 0.15) is 47.0 Å². The molecule has 0 fully saturated rings. The van der Waals surface area contributed by atoms with Gasteiger partial charge >= 0.3 is 0 Å². The second-order valence-electron chi connectivity index (χ2n) is 3.00. The van der Waals surface area contributed by atoms with Crippen molar-refractivity contribution in [1.29, 1.82) is 0 Å². The third kappa shape index (κ3) is 17.8. The van der Waals surface area contributed by atoms with Gasteiger partial charge in [0.05, 0.1) is 0 Å². The van der Waals surface area contributed by atoms with E-state index in [4.69, 9.17) is 4.74 Å². The fraction of sp³-hybridized carbons (Fsp3) is 1.00. The Morgan fingerprint density at radius 1 is 1.18 bits per heavy atom. The Morgan fingerprint density at radius 2 is 1.64 bits per heavy atom. The molecule has 0 saturated carbocycles. The van der Waals surface area contributed by atoms with Crippen molar-refractivity contribution in [2.75, 3.05) is 13.7 Å². The lowest BCUT2D eigenvalue weighted by Crippen LogP contribution is -1.97. The van der Waals surface area contributed by atoms with Gasteiger partial charge in [0.1, 0.15) is 0 Å². The summed E-state index contributed by atoms with van der Waals surface area (Å²) in [5, 5.41) is 0. The second-order valence-corrected chi connectivity index (χ2v) is 3.00. The van der Waals surface area contributed by atoms with Crippen molar-refractivity contribution in [3.63, 3.8) is 0 Å². The first-order valence-electron chi connectivity index (χ1n) is 4.71. The standard InChI is InChI=1S/C7H16O.C3H8/c1-4-7(2)5-6-8-3;1-3-2/h7H,4-6H2,1-3H3;3H2,1-2H3. The molecule has 0 saturated heterocycles. The van der Waals surface area contributed by atoms with Crippen molar-refractivity contribution >= 4 is 0 Å². The van der Waals surface area contributed by atoms with Gasteiger partial charge in [-0.3, -0.25) is 0 Å². The summed E-state index contributed by atoms with van der Waals surface area (Å²) in [6.07, 6.45) is 3.72. The molecule has 11 heavy (non-hydrogen) atoms. The van der Waals surface area contributed by atoms with Gasteiger partial charge in [0, 0.05) is 13.7 Å². The summed E-state index contributed by atoms with van der Waals surface area (Å²) in [5.74, 6) is 0.829. The SMILES string of the molecule is CCC.CCC(C)CCOC. The van der Waals surface area contributed by atoms with Gasteiger partial charge in [-0.05, 0) is 12.3 Å². The van der Waals surface area contributed by atoms with Crippen LogP contribution in [0.2, 0.25) is 0 Å². The number of hydrogen-bond acceptors (Lipinski definition) is 1. The lowest BCUT2D eigenvalue weighted by atomic mass is 10.1. The molecule has 1 heteroatoms. The molecule has 0 N–H and O–H groups in total. The first kappa shape index (κ1) is 13.5. The van der Waals surface area contributed by atoms with Crippen molar-refractivity contribution < 1.29 is 4.74 Å². The quantitative estimate of drug-likeness (QED) is 0.611. The summed E-state index contributed by atoms with van der Waals surface area (Å²) < 4.78 is 4.91. The van der Waals surface area contributed by atoms with E-state index >= 15 is 0 Å². The molecule has 1 unspecified atom stereocenters. The van der Waals surface area contributed by atoms with Crippen molar-refractivity contribution in [2.45, 2.75) is 47.0 Å². The highest BCUT2D eigenvalue weighted by Gasteiger charge is 1.95. The Hall–Kier alpha value is -0.0400. The molecule has 70 valence electrons. The van der Waals surface area contributed by atoms with Crippen LogP contribution in [0.3, 0.4) is 0 Å². The highest BCUT2D eigenvalue weighted by molar-refractivity contribution is 4.46. The summed E-state index contributed by atoms with van der Waals surface area (Å²) >= 11 is 0. The van der Waals surface area contributed by atoms with Crippen molar-refractivity contribution in [2.24, 2.45) is 5.92 Å². The molecular weight excluding hydrogens is 136 g/mol. The largest absolute Gasteiger partial charge is 0.385 e. The molecule has 0 aromatic rings. The number of hydrogen-bond donors (Lipinski definition) is 0. The first-order valence-corrected chi connectivity index (χ1v) is 4.71. The maximum Gasteiger partial charge on any atom is 0.0464 e. The zero-order valence-corrected chi connectivity index (χ0v) is 8.81. The molecule has 0 radical (unpaired) electrons. The Kier molecular flexibility index (Phi) is 15.5. The van der Waals surface area contributed by atoms with Crippen LogP contribution in [-0.4, -0.2) is 13.7 Å². The van der Waals surface area contributed by atoms with Crippen molar-refractivity contribution in [3.8, 4) is 0 Å². The van der Waals surface area contributed by atoms with Gasteiger partial charge < -0.3 is 4.74 Å². The lowest BCUT2D eigenvalue weighted by Gasteiger charge is -2.04. The van der Waals surface area contributed by atoms with E-state index in [1.165, 1.54) is 19.3 Å². The predicted molar refractivity (Wildman–Crippen MR) is 51.9 cm³/mol. The molecular formula is C10H24O. The van der Waals surface area contributed by atoms with E-state index in [1.54, 1.807) is 7.11 Å². The summed E-state index contributed by atoms with van der Waals surface area (Å²) in [4.78, 5) is 0. The molecule has 0 spiro atoms.